The van der Waals surface area contributed by atoms with Gasteiger partial charge in [0.05, 0.1) is 5.52 Å². The number of imidazole rings is 1. The van der Waals surface area contributed by atoms with Crippen molar-refractivity contribution in [2.45, 2.75) is 13.0 Å². The fraction of sp³-hybridized carbons (Fsp3) is 0.200. The van der Waals surface area contributed by atoms with Crippen molar-refractivity contribution in [2.75, 3.05) is 0 Å². The Morgan fingerprint density at radius 1 is 1.11 bits per heavy atom. The molecule has 96 valence electrons. The van der Waals surface area contributed by atoms with Crippen molar-refractivity contribution in [3.63, 3.8) is 0 Å². The van der Waals surface area contributed by atoms with Crippen LogP contribution in [0.2, 0.25) is 0 Å². The number of benzene rings is 1. The van der Waals surface area contributed by atoms with Crippen LogP contribution in [0.5, 0.6) is 0 Å². The molecular formula is C15H16N4. The fourth-order valence-corrected chi connectivity index (χ4v) is 2.33. The second-order valence-corrected chi connectivity index (χ2v) is 4.58. The number of fused-ring (bicyclic) bond motifs is 1. The zero-order valence-corrected chi connectivity index (χ0v) is 10.9. The van der Waals surface area contributed by atoms with Crippen LogP contribution in [-0.2, 0) is 20.0 Å². The molecule has 0 bridgehead atoms. The maximum absolute atomic E-state index is 5.78. The topological polar surface area (TPSA) is 56.7 Å². The van der Waals surface area contributed by atoms with Gasteiger partial charge in [-0.1, -0.05) is 24.3 Å². The summed E-state index contributed by atoms with van der Waals surface area (Å²) in [4.78, 5) is 8.88. The molecule has 0 radical (unpaired) electrons. The maximum Gasteiger partial charge on any atom is 0.177 e. The average molecular weight is 252 g/mol. The van der Waals surface area contributed by atoms with Crippen LogP contribution in [0, 0.1) is 0 Å². The number of nitrogens with two attached hydrogens (primary N) is 1. The van der Waals surface area contributed by atoms with E-state index in [4.69, 9.17) is 5.73 Å². The molecule has 0 aliphatic heterocycles. The summed E-state index contributed by atoms with van der Waals surface area (Å²) in [5.74, 6) is 1.01. The first kappa shape index (κ1) is 11.9. The number of hydrogen-bond acceptors (Lipinski definition) is 3. The van der Waals surface area contributed by atoms with E-state index in [2.05, 4.69) is 26.7 Å². The van der Waals surface area contributed by atoms with Gasteiger partial charge in [-0.3, -0.25) is 0 Å². The van der Waals surface area contributed by atoms with Crippen LogP contribution in [0.4, 0.5) is 0 Å². The molecule has 3 rings (SSSR count). The molecule has 1 aromatic carbocycles. The summed E-state index contributed by atoms with van der Waals surface area (Å²) in [5, 5.41) is 0. The lowest BCUT2D eigenvalue weighted by Crippen LogP contribution is -2.05. The highest BCUT2D eigenvalue weighted by molar-refractivity contribution is 5.71. The molecule has 0 aliphatic rings. The third-order valence-corrected chi connectivity index (χ3v) is 3.44. The molecule has 19 heavy (non-hydrogen) atoms. The zero-order chi connectivity index (χ0) is 13.2. The Bertz CT molecular complexity index is 715. The Morgan fingerprint density at radius 2 is 1.89 bits per heavy atom. The SMILES string of the molecule is Cn1c(Cc2ccccc2CN)nc2ncccc21. The Labute approximate surface area is 111 Å². The van der Waals surface area contributed by atoms with E-state index in [-0.39, 0.29) is 0 Å². The third-order valence-electron chi connectivity index (χ3n) is 3.44. The zero-order valence-electron chi connectivity index (χ0n) is 10.9. The lowest BCUT2D eigenvalue weighted by molar-refractivity contribution is 0.837. The molecule has 0 atom stereocenters. The van der Waals surface area contributed by atoms with E-state index in [1.807, 2.05) is 31.3 Å². The predicted octanol–water partition coefficient (Wildman–Crippen LogP) is 2.02. The minimum Gasteiger partial charge on any atom is -0.329 e. The number of hydrogen-bond donors (Lipinski definition) is 1. The van der Waals surface area contributed by atoms with Gasteiger partial charge < -0.3 is 10.3 Å². The minimum atomic E-state index is 0.554. The van der Waals surface area contributed by atoms with Gasteiger partial charge in [0.15, 0.2) is 5.65 Å². The lowest BCUT2D eigenvalue weighted by Gasteiger charge is -2.07. The highest BCUT2D eigenvalue weighted by atomic mass is 15.1. The summed E-state index contributed by atoms with van der Waals surface area (Å²) >= 11 is 0. The van der Waals surface area contributed by atoms with Crippen molar-refractivity contribution in [1.82, 2.24) is 14.5 Å². The van der Waals surface area contributed by atoms with Gasteiger partial charge >= 0.3 is 0 Å². The molecule has 0 spiro atoms. The molecule has 4 nitrogen and oxygen atoms in total. The van der Waals surface area contributed by atoms with Gasteiger partial charge in [-0.25, -0.2) is 9.97 Å². The normalized spacial score (nSPS) is 11.1. The van der Waals surface area contributed by atoms with Crippen LogP contribution in [0.25, 0.3) is 11.2 Å². The standard InChI is InChI=1S/C15H16N4/c1-19-13-7-4-8-17-15(13)18-14(19)9-11-5-2-3-6-12(11)10-16/h2-8H,9-10,16H2,1H3. The Balaban J connectivity index is 2.03. The van der Waals surface area contributed by atoms with E-state index in [9.17, 15) is 0 Å². The molecule has 0 unspecified atom stereocenters. The maximum atomic E-state index is 5.78. The lowest BCUT2D eigenvalue weighted by atomic mass is 10.0. The van der Waals surface area contributed by atoms with E-state index < -0.39 is 0 Å². The predicted molar refractivity (Wildman–Crippen MR) is 75.6 cm³/mol. The molecule has 2 aromatic heterocycles. The largest absolute Gasteiger partial charge is 0.329 e. The fourth-order valence-electron chi connectivity index (χ4n) is 2.33. The van der Waals surface area contributed by atoms with Crippen molar-refractivity contribution in [2.24, 2.45) is 12.8 Å². The molecule has 0 saturated carbocycles. The van der Waals surface area contributed by atoms with Crippen LogP contribution in [0.1, 0.15) is 17.0 Å². The van der Waals surface area contributed by atoms with Gasteiger partial charge in [-0.15, -0.1) is 0 Å². The summed E-state index contributed by atoms with van der Waals surface area (Å²) in [6, 6.07) is 12.2. The van der Waals surface area contributed by atoms with E-state index in [1.54, 1.807) is 6.20 Å². The quantitative estimate of drug-likeness (QED) is 0.776. The Kier molecular flexibility index (Phi) is 3.01. The first-order chi connectivity index (χ1) is 9.29. The number of nitrogens with zero attached hydrogens (tertiary/aromatic N) is 3. The number of pyridine rings is 1. The summed E-state index contributed by atoms with van der Waals surface area (Å²) in [6.07, 6.45) is 2.55. The number of aromatic nitrogens is 3. The molecule has 0 fully saturated rings. The Morgan fingerprint density at radius 3 is 2.63 bits per heavy atom. The molecule has 0 amide bonds. The van der Waals surface area contributed by atoms with Crippen LogP contribution in [0.15, 0.2) is 42.6 Å². The molecule has 0 saturated heterocycles. The molecule has 2 heterocycles. The van der Waals surface area contributed by atoms with Gasteiger partial charge in [-0.05, 0) is 23.3 Å². The van der Waals surface area contributed by atoms with Crippen LogP contribution >= 0.6 is 0 Å². The van der Waals surface area contributed by atoms with E-state index in [1.165, 1.54) is 11.1 Å². The molecule has 2 N–H and O–H groups in total. The van der Waals surface area contributed by atoms with Crippen molar-refractivity contribution < 1.29 is 0 Å². The molecule has 3 aromatic rings. The van der Waals surface area contributed by atoms with E-state index >= 15 is 0 Å². The highest BCUT2D eigenvalue weighted by Gasteiger charge is 2.10. The number of rotatable bonds is 3. The van der Waals surface area contributed by atoms with Crippen molar-refractivity contribution in [1.29, 1.82) is 0 Å². The van der Waals surface area contributed by atoms with Crippen LogP contribution in [0.3, 0.4) is 0 Å². The summed E-state index contributed by atoms with van der Waals surface area (Å²) in [5.41, 5.74) is 10.0. The molecule has 4 heteroatoms. The average Bonchev–Trinajstić information content (AvgIpc) is 2.77. The Hall–Kier alpha value is -2.20. The first-order valence-electron chi connectivity index (χ1n) is 6.33. The van der Waals surface area contributed by atoms with Crippen LogP contribution in [-0.4, -0.2) is 14.5 Å². The first-order valence-corrected chi connectivity index (χ1v) is 6.33. The van der Waals surface area contributed by atoms with Gasteiger partial charge in [-0.2, -0.15) is 0 Å². The van der Waals surface area contributed by atoms with Gasteiger partial charge in [0, 0.05) is 26.2 Å². The molecular weight excluding hydrogens is 236 g/mol. The smallest absolute Gasteiger partial charge is 0.177 e. The van der Waals surface area contributed by atoms with Gasteiger partial charge in [0.25, 0.3) is 0 Å². The highest BCUT2D eigenvalue weighted by Crippen LogP contribution is 2.17. The molecule has 0 aliphatic carbocycles. The monoisotopic (exact) mass is 252 g/mol. The van der Waals surface area contributed by atoms with Gasteiger partial charge in [0.2, 0.25) is 0 Å². The van der Waals surface area contributed by atoms with Crippen molar-refractivity contribution in [3.05, 3.63) is 59.5 Å². The summed E-state index contributed by atoms with van der Waals surface area (Å²) in [6.45, 7) is 0.554. The second-order valence-electron chi connectivity index (χ2n) is 4.58. The van der Waals surface area contributed by atoms with Crippen molar-refractivity contribution in [3.8, 4) is 0 Å². The third kappa shape index (κ3) is 2.11. The minimum absolute atomic E-state index is 0.554. The number of aryl methyl sites for hydroxylation is 1. The summed E-state index contributed by atoms with van der Waals surface area (Å²) < 4.78 is 2.09. The summed E-state index contributed by atoms with van der Waals surface area (Å²) in [7, 11) is 2.03. The van der Waals surface area contributed by atoms with Crippen LogP contribution < -0.4 is 5.73 Å². The second kappa shape index (κ2) is 4.82. The van der Waals surface area contributed by atoms with Gasteiger partial charge in [0.1, 0.15) is 5.82 Å². The van der Waals surface area contributed by atoms with Crippen molar-refractivity contribution >= 4 is 11.2 Å². The van der Waals surface area contributed by atoms with E-state index in [0.29, 0.717) is 6.54 Å². The van der Waals surface area contributed by atoms with E-state index in [0.717, 1.165) is 23.4 Å².